The Hall–Kier alpha value is -2.42. The van der Waals surface area contributed by atoms with Crippen molar-refractivity contribution >= 4 is 17.7 Å². The molecule has 0 radical (unpaired) electrons. The number of likely N-dealkylation sites (tertiary alicyclic amines) is 1. The minimum Gasteiger partial charge on any atom is -0.368 e. The standard InChI is InChI=1S/C16H24N6O3/c17-14(23)13-4-2-6-22(13)16(25)12(7-10-8-18-9-20-10)21-15(24)11-3-1-5-19-11/h8-9,11-13,19H,1-7H2,(H2,17,23)(H,18,20)(H,21,24)/t11?,12-,13-/m0/s1. The second-order valence-corrected chi connectivity index (χ2v) is 6.58. The van der Waals surface area contributed by atoms with Crippen LogP contribution in [0.1, 0.15) is 31.4 Å². The van der Waals surface area contributed by atoms with E-state index in [0.29, 0.717) is 19.4 Å². The highest BCUT2D eigenvalue weighted by atomic mass is 16.2. The van der Waals surface area contributed by atoms with Gasteiger partial charge in [0.05, 0.1) is 12.4 Å². The largest absolute Gasteiger partial charge is 0.368 e. The Labute approximate surface area is 145 Å². The van der Waals surface area contributed by atoms with Gasteiger partial charge in [-0.15, -0.1) is 0 Å². The van der Waals surface area contributed by atoms with Gasteiger partial charge in [0.1, 0.15) is 12.1 Å². The van der Waals surface area contributed by atoms with Crippen molar-refractivity contribution in [3.05, 3.63) is 18.2 Å². The highest BCUT2D eigenvalue weighted by Crippen LogP contribution is 2.19. The number of nitrogens with one attached hydrogen (secondary N) is 3. The Morgan fingerprint density at radius 1 is 1.36 bits per heavy atom. The summed E-state index contributed by atoms with van der Waals surface area (Å²) in [4.78, 5) is 45.4. The first kappa shape index (κ1) is 17.4. The number of hydrogen-bond donors (Lipinski definition) is 4. The molecule has 2 fully saturated rings. The molecule has 0 aromatic carbocycles. The van der Waals surface area contributed by atoms with Crippen LogP contribution in [0.25, 0.3) is 0 Å². The van der Waals surface area contributed by atoms with E-state index in [1.54, 1.807) is 6.20 Å². The molecule has 3 rings (SSSR count). The molecule has 1 unspecified atom stereocenters. The average Bonchev–Trinajstić information content (AvgIpc) is 3.33. The molecule has 2 aliphatic heterocycles. The topological polar surface area (TPSA) is 133 Å². The van der Waals surface area contributed by atoms with Crippen LogP contribution < -0.4 is 16.4 Å². The van der Waals surface area contributed by atoms with Crippen molar-refractivity contribution in [3.8, 4) is 0 Å². The Balaban J connectivity index is 1.73. The van der Waals surface area contributed by atoms with E-state index in [0.717, 1.165) is 31.5 Å². The first-order chi connectivity index (χ1) is 12.1. The van der Waals surface area contributed by atoms with E-state index in [2.05, 4.69) is 20.6 Å². The maximum atomic E-state index is 13.0. The predicted octanol–water partition coefficient (Wildman–Crippen LogP) is -1.33. The number of nitrogens with zero attached hydrogens (tertiary/aromatic N) is 2. The number of carbonyl (C=O) groups is 3. The molecule has 0 saturated carbocycles. The van der Waals surface area contributed by atoms with Crippen LogP contribution >= 0.6 is 0 Å². The van der Waals surface area contributed by atoms with Crippen LogP contribution in [-0.4, -0.2) is 63.8 Å². The van der Waals surface area contributed by atoms with Gasteiger partial charge in [0.2, 0.25) is 17.7 Å². The monoisotopic (exact) mass is 348 g/mol. The number of H-pyrrole nitrogens is 1. The SMILES string of the molecule is NC(=O)[C@@H]1CCCN1C(=O)[C@H](Cc1cnc[nH]1)NC(=O)C1CCCN1. The molecule has 0 bridgehead atoms. The number of aromatic nitrogens is 2. The minimum atomic E-state index is -0.754. The minimum absolute atomic E-state index is 0.190. The van der Waals surface area contributed by atoms with Gasteiger partial charge in [0.25, 0.3) is 0 Å². The van der Waals surface area contributed by atoms with Crippen LogP contribution in [0.2, 0.25) is 0 Å². The van der Waals surface area contributed by atoms with Gasteiger partial charge in [-0.2, -0.15) is 0 Å². The fourth-order valence-electron chi connectivity index (χ4n) is 3.52. The molecule has 0 aliphatic carbocycles. The summed E-state index contributed by atoms with van der Waals surface area (Å²) in [6.07, 6.45) is 6.43. The molecular weight excluding hydrogens is 324 g/mol. The van der Waals surface area contributed by atoms with E-state index in [4.69, 9.17) is 5.73 Å². The number of primary amides is 1. The normalized spacial score (nSPS) is 24.2. The highest BCUT2D eigenvalue weighted by Gasteiger charge is 2.37. The Morgan fingerprint density at radius 2 is 2.20 bits per heavy atom. The lowest BCUT2D eigenvalue weighted by molar-refractivity contribution is -0.140. The molecule has 5 N–H and O–H groups in total. The quantitative estimate of drug-likeness (QED) is 0.505. The molecule has 3 amide bonds. The summed E-state index contributed by atoms with van der Waals surface area (Å²) >= 11 is 0. The van der Waals surface area contributed by atoms with Gasteiger partial charge in [0, 0.05) is 24.9 Å². The molecule has 3 atom stereocenters. The lowest BCUT2D eigenvalue weighted by Crippen LogP contribution is -2.55. The molecular formula is C16H24N6O3. The smallest absolute Gasteiger partial charge is 0.246 e. The molecule has 25 heavy (non-hydrogen) atoms. The zero-order valence-corrected chi connectivity index (χ0v) is 14.0. The zero-order chi connectivity index (χ0) is 17.8. The number of amides is 3. The first-order valence-electron chi connectivity index (χ1n) is 8.67. The second-order valence-electron chi connectivity index (χ2n) is 6.58. The van der Waals surface area contributed by atoms with Crippen molar-refractivity contribution in [1.29, 1.82) is 0 Å². The van der Waals surface area contributed by atoms with E-state index in [1.807, 2.05) is 0 Å². The molecule has 2 saturated heterocycles. The summed E-state index contributed by atoms with van der Waals surface area (Å²) in [5.74, 6) is -0.970. The van der Waals surface area contributed by atoms with Crippen LogP contribution in [0.3, 0.4) is 0 Å². The van der Waals surface area contributed by atoms with E-state index in [1.165, 1.54) is 11.2 Å². The van der Waals surface area contributed by atoms with Crippen molar-refractivity contribution in [1.82, 2.24) is 25.5 Å². The van der Waals surface area contributed by atoms with Crippen LogP contribution in [0.15, 0.2) is 12.5 Å². The average molecular weight is 348 g/mol. The summed E-state index contributed by atoms with van der Waals surface area (Å²) in [5.41, 5.74) is 6.16. The van der Waals surface area contributed by atoms with Crippen molar-refractivity contribution < 1.29 is 14.4 Å². The molecule has 9 heteroatoms. The van der Waals surface area contributed by atoms with Gasteiger partial charge in [-0.3, -0.25) is 14.4 Å². The van der Waals surface area contributed by atoms with E-state index in [-0.39, 0.29) is 17.9 Å². The van der Waals surface area contributed by atoms with Crippen molar-refractivity contribution in [2.24, 2.45) is 5.73 Å². The second kappa shape index (κ2) is 7.64. The number of aromatic amines is 1. The van der Waals surface area contributed by atoms with Crippen LogP contribution in [-0.2, 0) is 20.8 Å². The lowest BCUT2D eigenvalue weighted by atomic mass is 10.1. The third-order valence-corrected chi connectivity index (χ3v) is 4.83. The highest BCUT2D eigenvalue weighted by molar-refractivity contribution is 5.93. The summed E-state index contributed by atoms with van der Waals surface area (Å²) in [6, 6.07) is -1.63. The summed E-state index contributed by atoms with van der Waals surface area (Å²) in [5, 5.41) is 5.97. The number of hydrogen-bond acceptors (Lipinski definition) is 5. The predicted molar refractivity (Wildman–Crippen MR) is 89.2 cm³/mol. The number of rotatable bonds is 6. The zero-order valence-electron chi connectivity index (χ0n) is 14.0. The molecule has 9 nitrogen and oxygen atoms in total. The van der Waals surface area contributed by atoms with Crippen LogP contribution in [0.5, 0.6) is 0 Å². The Morgan fingerprint density at radius 3 is 2.84 bits per heavy atom. The van der Waals surface area contributed by atoms with Gasteiger partial charge >= 0.3 is 0 Å². The van der Waals surface area contributed by atoms with Gasteiger partial charge in [-0.1, -0.05) is 0 Å². The molecule has 136 valence electrons. The van der Waals surface area contributed by atoms with Gasteiger partial charge in [-0.25, -0.2) is 4.98 Å². The van der Waals surface area contributed by atoms with Crippen molar-refractivity contribution in [3.63, 3.8) is 0 Å². The molecule has 0 spiro atoms. The number of nitrogens with two attached hydrogens (primary N) is 1. The van der Waals surface area contributed by atoms with Crippen molar-refractivity contribution in [2.45, 2.75) is 50.2 Å². The molecule has 2 aliphatic rings. The first-order valence-corrected chi connectivity index (χ1v) is 8.67. The van der Waals surface area contributed by atoms with E-state index >= 15 is 0 Å². The molecule has 1 aromatic rings. The van der Waals surface area contributed by atoms with Gasteiger partial charge in [0.15, 0.2) is 0 Å². The molecule has 3 heterocycles. The fourth-order valence-corrected chi connectivity index (χ4v) is 3.52. The van der Waals surface area contributed by atoms with Crippen molar-refractivity contribution in [2.75, 3.05) is 13.1 Å². The third kappa shape index (κ3) is 3.98. The van der Waals surface area contributed by atoms with Gasteiger partial charge < -0.3 is 26.3 Å². The summed E-state index contributed by atoms with van der Waals surface area (Å²) < 4.78 is 0. The van der Waals surface area contributed by atoms with Crippen LogP contribution in [0.4, 0.5) is 0 Å². The van der Waals surface area contributed by atoms with Gasteiger partial charge in [-0.05, 0) is 32.2 Å². The maximum absolute atomic E-state index is 13.0. The Bertz CT molecular complexity index is 626. The maximum Gasteiger partial charge on any atom is 0.246 e. The molecule has 1 aromatic heterocycles. The number of carbonyl (C=O) groups excluding carboxylic acids is 3. The summed E-state index contributed by atoms with van der Waals surface area (Å²) in [6.45, 7) is 1.27. The van der Waals surface area contributed by atoms with E-state index in [9.17, 15) is 14.4 Å². The van der Waals surface area contributed by atoms with Crippen LogP contribution in [0, 0.1) is 0 Å². The lowest BCUT2D eigenvalue weighted by Gasteiger charge is -2.28. The number of imidazole rings is 1. The van der Waals surface area contributed by atoms with E-state index < -0.39 is 18.0 Å². The Kier molecular flexibility index (Phi) is 5.32. The fraction of sp³-hybridized carbons (Fsp3) is 0.625. The summed E-state index contributed by atoms with van der Waals surface area (Å²) in [7, 11) is 0. The third-order valence-electron chi connectivity index (χ3n) is 4.83.